The third-order valence-electron chi connectivity index (χ3n) is 6.07. The van der Waals surface area contributed by atoms with E-state index in [0.29, 0.717) is 13.0 Å². The highest BCUT2D eigenvalue weighted by atomic mass is 32.2. The van der Waals surface area contributed by atoms with Crippen LogP contribution in [0.15, 0.2) is 53.4 Å². The van der Waals surface area contributed by atoms with Crippen molar-refractivity contribution in [2.45, 2.75) is 56.8 Å². The molecule has 2 aromatic carbocycles. The molecule has 1 heterocycles. The third kappa shape index (κ3) is 8.99. The summed E-state index contributed by atoms with van der Waals surface area (Å²) in [4.78, 5) is 23.9. The number of aliphatic hydroxyl groups is 1. The van der Waals surface area contributed by atoms with Crippen LogP contribution in [0.25, 0.3) is 0 Å². The van der Waals surface area contributed by atoms with Gasteiger partial charge in [-0.1, -0.05) is 44.2 Å². The lowest BCUT2D eigenvalue weighted by atomic mass is 10.0. The molecule has 0 aromatic heterocycles. The lowest BCUT2D eigenvalue weighted by molar-refractivity contribution is -0.114. The maximum Gasteiger partial charge on any atom is 0.407 e. The Morgan fingerprint density at radius 1 is 1.18 bits per heavy atom. The van der Waals surface area contributed by atoms with Crippen LogP contribution in [-0.2, 0) is 30.7 Å². The first kappa shape index (κ1) is 30.5. The predicted molar refractivity (Wildman–Crippen MR) is 143 cm³/mol. The molecular formula is C27H36FN3O7S. The lowest BCUT2D eigenvalue weighted by Gasteiger charge is -2.31. The van der Waals surface area contributed by atoms with Crippen molar-refractivity contribution in [2.24, 2.45) is 5.92 Å². The van der Waals surface area contributed by atoms with Gasteiger partial charge in [0.15, 0.2) is 0 Å². The van der Waals surface area contributed by atoms with Crippen molar-refractivity contribution in [2.75, 3.05) is 31.6 Å². The van der Waals surface area contributed by atoms with Crippen LogP contribution < -0.4 is 10.6 Å². The summed E-state index contributed by atoms with van der Waals surface area (Å²) in [5, 5.41) is 16.3. The SMILES string of the molecule is CC(=O)Nc1cc(S(=O)(=O)N(CC(C)C)CC(O)C(Cc2ccccc2)NC(=O)OC2CCOC2)ccc1F. The van der Waals surface area contributed by atoms with Crippen LogP contribution in [-0.4, -0.2) is 74.4 Å². The molecule has 2 aromatic rings. The molecule has 0 saturated carbocycles. The van der Waals surface area contributed by atoms with E-state index in [1.165, 1.54) is 6.92 Å². The van der Waals surface area contributed by atoms with E-state index in [2.05, 4.69) is 10.6 Å². The highest BCUT2D eigenvalue weighted by Gasteiger charge is 2.32. The van der Waals surface area contributed by atoms with Gasteiger partial charge in [0, 0.05) is 26.4 Å². The van der Waals surface area contributed by atoms with E-state index in [-0.39, 0.29) is 42.6 Å². The van der Waals surface area contributed by atoms with Crippen molar-refractivity contribution in [3.05, 3.63) is 59.9 Å². The number of hydrogen-bond donors (Lipinski definition) is 3. The Bertz CT molecular complexity index is 1220. The molecule has 1 saturated heterocycles. The Labute approximate surface area is 228 Å². The number of carbonyl (C=O) groups is 2. The summed E-state index contributed by atoms with van der Waals surface area (Å²) in [6.07, 6.45) is -1.66. The van der Waals surface area contributed by atoms with E-state index < -0.39 is 46.1 Å². The van der Waals surface area contributed by atoms with Crippen LogP contribution in [0.2, 0.25) is 0 Å². The molecule has 0 spiro atoms. The van der Waals surface area contributed by atoms with E-state index >= 15 is 0 Å². The van der Waals surface area contributed by atoms with E-state index in [9.17, 15) is 27.5 Å². The van der Waals surface area contributed by atoms with Gasteiger partial charge in [-0.15, -0.1) is 0 Å². The summed E-state index contributed by atoms with van der Waals surface area (Å²) in [6, 6.07) is 11.4. The summed E-state index contributed by atoms with van der Waals surface area (Å²) in [5.41, 5.74) is 0.554. The summed E-state index contributed by atoms with van der Waals surface area (Å²) in [7, 11) is -4.22. The zero-order chi connectivity index (χ0) is 28.6. The Morgan fingerprint density at radius 2 is 1.90 bits per heavy atom. The normalized spacial score (nSPS) is 17.2. The number of nitrogens with one attached hydrogen (secondary N) is 2. The molecule has 3 unspecified atom stereocenters. The largest absolute Gasteiger partial charge is 0.444 e. The first-order valence-electron chi connectivity index (χ1n) is 12.8. The van der Waals surface area contributed by atoms with Crippen LogP contribution in [0.1, 0.15) is 32.8 Å². The minimum absolute atomic E-state index is 0.0498. The van der Waals surface area contributed by atoms with Gasteiger partial charge in [0.1, 0.15) is 11.9 Å². The van der Waals surface area contributed by atoms with Crippen LogP contribution in [0.3, 0.4) is 0 Å². The number of hydrogen-bond acceptors (Lipinski definition) is 7. The van der Waals surface area contributed by atoms with E-state index in [1.54, 1.807) is 0 Å². The standard InChI is InChI=1S/C27H36FN3O7S/c1-18(2)15-31(39(35,36)22-9-10-23(28)24(14-22)29-19(3)32)16-26(33)25(13-20-7-5-4-6-8-20)30-27(34)38-21-11-12-37-17-21/h4-10,14,18,21,25-26,33H,11-13,15-17H2,1-3H3,(H,29,32)(H,30,34). The summed E-state index contributed by atoms with van der Waals surface area (Å²) in [6.45, 7) is 5.31. The van der Waals surface area contributed by atoms with Gasteiger partial charge in [0.25, 0.3) is 0 Å². The van der Waals surface area contributed by atoms with Crippen LogP contribution >= 0.6 is 0 Å². The van der Waals surface area contributed by atoms with Gasteiger partial charge < -0.3 is 25.2 Å². The lowest BCUT2D eigenvalue weighted by Crippen LogP contribution is -2.51. The van der Waals surface area contributed by atoms with Crippen molar-refractivity contribution in [3.63, 3.8) is 0 Å². The maximum absolute atomic E-state index is 14.2. The van der Waals surface area contributed by atoms with Crippen molar-refractivity contribution >= 4 is 27.7 Å². The zero-order valence-corrected chi connectivity index (χ0v) is 23.1. The maximum atomic E-state index is 14.2. The fraction of sp³-hybridized carbons (Fsp3) is 0.481. The monoisotopic (exact) mass is 565 g/mol. The Hall–Kier alpha value is -3.06. The van der Waals surface area contributed by atoms with Gasteiger partial charge in [-0.05, 0) is 36.1 Å². The third-order valence-corrected chi connectivity index (χ3v) is 7.90. The van der Waals surface area contributed by atoms with Gasteiger partial charge in [0.2, 0.25) is 15.9 Å². The Kier molecular flexibility index (Phi) is 10.8. The number of alkyl carbamates (subject to hydrolysis) is 1. The molecule has 3 N–H and O–H groups in total. The topological polar surface area (TPSA) is 134 Å². The molecule has 3 atom stereocenters. The molecule has 214 valence electrons. The molecule has 3 rings (SSSR count). The van der Waals surface area contributed by atoms with Gasteiger partial charge in [-0.25, -0.2) is 17.6 Å². The molecule has 39 heavy (non-hydrogen) atoms. The number of carbonyl (C=O) groups excluding carboxylic acids is 2. The number of amides is 2. The number of rotatable bonds is 12. The van der Waals surface area contributed by atoms with Gasteiger partial charge >= 0.3 is 6.09 Å². The number of nitrogens with zero attached hydrogens (tertiary/aromatic N) is 1. The molecule has 0 bridgehead atoms. The van der Waals surface area contributed by atoms with Gasteiger partial charge in [0.05, 0.1) is 35.9 Å². The summed E-state index contributed by atoms with van der Waals surface area (Å²) in [5.74, 6) is -1.45. The minimum Gasteiger partial charge on any atom is -0.444 e. The average molecular weight is 566 g/mol. The van der Waals surface area contributed by atoms with Gasteiger partial charge in [-0.2, -0.15) is 4.31 Å². The number of sulfonamides is 1. The Balaban J connectivity index is 1.85. The second-order valence-electron chi connectivity index (χ2n) is 9.94. The fourth-order valence-corrected chi connectivity index (χ4v) is 5.86. The smallest absolute Gasteiger partial charge is 0.407 e. The molecule has 10 nitrogen and oxygen atoms in total. The van der Waals surface area contributed by atoms with Crippen LogP contribution in [0, 0.1) is 11.7 Å². The molecular weight excluding hydrogens is 529 g/mol. The Morgan fingerprint density at radius 3 is 2.51 bits per heavy atom. The van der Waals surface area contributed by atoms with Crippen molar-refractivity contribution in [1.29, 1.82) is 0 Å². The van der Waals surface area contributed by atoms with Crippen molar-refractivity contribution < 1.29 is 37.0 Å². The van der Waals surface area contributed by atoms with Crippen molar-refractivity contribution in [1.82, 2.24) is 9.62 Å². The first-order valence-corrected chi connectivity index (χ1v) is 14.2. The summed E-state index contributed by atoms with van der Waals surface area (Å²) < 4.78 is 53.2. The second kappa shape index (κ2) is 13.8. The van der Waals surface area contributed by atoms with Gasteiger partial charge in [-0.3, -0.25) is 4.79 Å². The second-order valence-corrected chi connectivity index (χ2v) is 11.9. The number of benzene rings is 2. The molecule has 1 fully saturated rings. The molecule has 0 radical (unpaired) electrons. The van der Waals surface area contributed by atoms with Crippen LogP contribution in [0.5, 0.6) is 0 Å². The summed E-state index contributed by atoms with van der Waals surface area (Å²) >= 11 is 0. The molecule has 0 aliphatic carbocycles. The first-order chi connectivity index (χ1) is 18.5. The van der Waals surface area contributed by atoms with E-state index in [1.807, 2.05) is 44.2 Å². The average Bonchev–Trinajstić information content (AvgIpc) is 3.37. The number of aliphatic hydroxyl groups excluding tert-OH is 1. The number of ether oxygens (including phenoxy) is 2. The van der Waals surface area contributed by atoms with E-state index in [0.717, 1.165) is 28.1 Å². The highest BCUT2D eigenvalue weighted by molar-refractivity contribution is 7.89. The zero-order valence-electron chi connectivity index (χ0n) is 22.3. The number of halogens is 1. The van der Waals surface area contributed by atoms with Crippen LogP contribution in [0.4, 0.5) is 14.9 Å². The van der Waals surface area contributed by atoms with E-state index in [4.69, 9.17) is 9.47 Å². The quantitative estimate of drug-likeness (QED) is 0.360. The molecule has 12 heteroatoms. The molecule has 1 aliphatic rings. The molecule has 1 aliphatic heterocycles. The number of anilines is 1. The fourth-order valence-electron chi connectivity index (χ4n) is 4.21. The minimum atomic E-state index is -4.22. The molecule has 2 amide bonds. The predicted octanol–water partition coefficient (Wildman–Crippen LogP) is 2.92. The van der Waals surface area contributed by atoms with Crippen molar-refractivity contribution in [3.8, 4) is 0 Å². The highest BCUT2D eigenvalue weighted by Crippen LogP contribution is 2.24.